The van der Waals surface area contributed by atoms with Gasteiger partial charge in [-0.05, 0) is 50.3 Å². The number of fused-ring (bicyclic) bond motifs is 1. The number of benzene rings is 1. The van der Waals surface area contributed by atoms with Crippen LogP contribution in [0.25, 0.3) is 10.9 Å². The number of pyridine rings is 1. The molecule has 1 aromatic carbocycles. The number of aryl methyl sites for hydroxylation is 1. The summed E-state index contributed by atoms with van der Waals surface area (Å²) in [7, 11) is 0. The number of hydrogen-bond acceptors (Lipinski definition) is 5. The van der Waals surface area contributed by atoms with Crippen molar-refractivity contribution in [3.05, 3.63) is 68.5 Å². The Morgan fingerprint density at radius 2 is 2.16 bits per heavy atom. The number of nitriles is 1. The highest BCUT2D eigenvalue weighted by atomic mass is 19.2. The summed E-state index contributed by atoms with van der Waals surface area (Å²) in [5.41, 5.74) is 1.46. The second kappa shape index (κ2) is 7.87. The lowest BCUT2D eigenvalue weighted by Crippen LogP contribution is -2.32. The molecule has 9 heteroatoms. The van der Waals surface area contributed by atoms with Gasteiger partial charge in [-0.2, -0.15) is 5.26 Å². The van der Waals surface area contributed by atoms with Gasteiger partial charge in [-0.1, -0.05) is 0 Å². The highest BCUT2D eigenvalue weighted by molar-refractivity contribution is 5.87. The normalized spacial score (nSPS) is 14.3. The fourth-order valence-electron chi connectivity index (χ4n) is 3.88. The number of nitrogens with zero attached hydrogens (tertiary/aromatic N) is 3. The second-order valence-electron chi connectivity index (χ2n) is 7.71. The summed E-state index contributed by atoms with van der Waals surface area (Å²) in [6.45, 7) is 3.39. The Kier molecular flexibility index (Phi) is 5.23. The van der Waals surface area contributed by atoms with Crippen molar-refractivity contribution < 1.29 is 16.4 Å². The van der Waals surface area contributed by atoms with Crippen LogP contribution in [-0.2, 0) is 11.2 Å². The van der Waals surface area contributed by atoms with Crippen molar-refractivity contribution in [2.45, 2.75) is 45.1 Å². The molecular formula is C22H23F2N5O2. The summed E-state index contributed by atoms with van der Waals surface area (Å²) in [5.74, 6) is -2.55. The zero-order valence-electron chi connectivity index (χ0n) is 16.9. The standard InChI is InChI=1S/C22H19F2N5O2.2H2/c1-10-21(26-9-13(8-25)27-10)11(2)28-17(30)7-14-18(12-3-4-12)19-16(29-22(14)31)6-5-15(23)20(19)24;;/h5-6,9,11-12H,3-4,7H2,1-2H3,(H,28,30)(H,29,31);2*1H/t11-;;/m1../s1. The van der Waals surface area contributed by atoms with E-state index < -0.39 is 29.1 Å². The Labute approximate surface area is 179 Å². The van der Waals surface area contributed by atoms with Crippen molar-refractivity contribution in [2.24, 2.45) is 0 Å². The number of carbonyl (C=O) groups is 1. The number of rotatable bonds is 5. The van der Waals surface area contributed by atoms with Gasteiger partial charge in [0, 0.05) is 13.8 Å². The molecule has 2 aromatic heterocycles. The molecule has 0 aliphatic heterocycles. The largest absolute Gasteiger partial charge is 0.348 e. The molecule has 7 nitrogen and oxygen atoms in total. The number of nitrogens with one attached hydrogen (secondary N) is 2. The van der Waals surface area contributed by atoms with Crippen LogP contribution in [0.3, 0.4) is 0 Å². The minimum Gasteiger partial charge on any atom is -0.348 e. The number of amides is 1. The smallest absolute Gasteiger partial charge is 0.252 e. The lowest BCUT2D eigenvalue weighted by molar-refractivity contribution is -0.121. The number of hydrogen-bond donors (Lipinski definition) is 2. The molecular weight excluding hydrogens is 404 g/mol. The third kappa shape index (κ3) is 3.89. The molecule has 3 aromatic rings. The van der Waals surface area contributed by atoms with E-state index in [1.807, 2.05) is 6.07 Å². The lowest BCUT2D eigenvalue weighted by Gasteiger charge is -2.17. The van der Waals surface area contributed by atoms with E-state index in [-0.39, 0.29) is 37.4 Å². The third-order valence-electron chi connectivity index (χ3n) is 5.42. The highest BCUT2D eigenvalue weighted by Crippen LogP contribution is 2.44. The molecule has 0 unspecified atom stereocenters. The molecule has 0 spiro atoms. The van der Waals surface area contributed by atoms with Gasteiger partial charge in [0.25, 0.3) is 5.56 Å². The van der Waals surface area contributed by atoms with Crippen molar-refractivity contribution in [1.82, 2.24) is 20.3 Å². The van der Waals surface area contributed by atoms with Gasteiger partial charge in [0.15, 0.2) is 17.3 Å². The molecule has 0 radical (unpaired) electrons. The molecule has 1 amide bonds. The molecule has 1 aliphatic rings. The van der Waals surface area contributed by atoms with Crippen molar-refractivity contribution in [3.63, 3.8) is 0 Å². The number of aromatic amines is 1. The van der Waals surface area contributed by atoms with Gasteiger partial charge in [0.2, 0.25) is 5.91 Å². The average molecular weight is 427 g/mol. The van der Waals surface area contributed by atoms with Crippen LogP contribution in [0.2, 0.25) is 0 Å². The fraction of sp³-hybridized carbons (Fsp3) is 0.318. The van der Waals surface area contributed by atoms with E-state index in [4.69, 9.17) is 5.26 Å². The summed E-state index contributed by atoms with van der Waals surface area (Å²) >= 11 is 0. The van der Waals surface area contributed by atoms with E-state index in [1.54, 1.807) is 13.8 Å². The lowest BCUT2D eigenvalue weighted by atomic mass is 9.96. The van der Waals surface area contributed by atoms with Crippen LogP contribution in [-0.4, -0.2) is 20.9 Å². The Balaban J connectivity index is 0.00000193. The molecule has 1 aliphatic carbocycles. The van der Waals surface area contributed by atoms with E-state index in [9.17, 15) is 18.4 Å². The topological polar surface area (TPSA) is 112 Å². The van der Waals surface area contributed by atoms with E-state index in [0.29, 0.717) is 17.0 Å². The second-order valence-corrected chi connectivity index (χ2v) is 7.71. The van der Waals surface area contributed by atoms with Gasteiger partial charge in [-0.25, -0.2) is 13.8 Å². The molecule has 31 heavy (non-hydrogen) atoms. The van der Waals surface area contributed by atoms with Crippen molar-refractivity contribution in [2.75, 3.05) is 0 Å². The highest BCUT2D eigenvalue weighted by Gasteiger charge is 2.32. The summed E-state index contributed by atoms with van der Waals surface area (Å²) in [6, 6.07) is 3.68. The average Bonchev–Trinajstić information content (AvgIpc) is 3.56. The fourth-order valence-corrected chi connectivity index (χ4v) is 3.88. The zero-order chi connectivity index (χ0) is 22.3. The maximum Gasteiger partial charge on any atom is 0.252 e. The quantitative estimate of drug-likeness (QED) is 0.647. The Bertz CT molecular complexity index is 1320. The summed E-state index contributed by atoms with van der Waals surface area (Å²) in [6.07, 6.45) is 2.54. The predicted molar refractivity (Wildman–Crippen MR) is 112 cm³/mol. The number of aromatic nitrogens is 3. The van der Waals surface area contributed by atoms with Gasteiger partial charge in [0.05, 0.1) is 35.6 Å². The van der Waals surface area contributed by atoms with Gasteiger partial charge in [0.1, 0.15) is 6.07 Å². The maximum absolute atomic E-state index is 14.6. The SMILES string of the molecule is Cc1nc(C#N)cnc1[C@@H](C)NC(=O)Cc1c(C2CC2)c2c(F)c(F)ccc2[nH]c1=O.[HH].[HH]. The van der Waals surface area contributed by atoms with E-state index >= 15 is 0 Å². The van der Waals surface area contributed by atoms with Crippen LogP contribution >= 0.6 is 0 Å². The molecule has 1 fully saturated rings. The summed E-state index contributed by atoms with van der Waals surface area (Å²) in [4.78, 5) is 36.3. The van der Waals surface area contributed by atoms with Crippen LogP contribution in [0.15, 0.2) is 23.1 Å². The molecule has 4 rings (SSSR count). The van der Waals surface area contributed by atoms with Crippen LogP contribution < -0.4 is 10.9 Å². The molecule has 0 saturated heterocycles. The zero-order valence-corrected chi connectivity index (χ0v) is 16.9. The molecule has 2 heterocycles. The minimum atomic E-state index is -1.02. The van der Waals surface area contributed by atoms with E-state index in [0.717, 1.165) is 18.9 Å². The maximum atomic E-state index is 14.6. The van der Waals surface area contributed by atoms with Crippen LogP contribution in [0.1, 0.15) is 62.8 Å². The number of H-pyrrole nitrogens is 1. The summed E-state index contributed by atoms with van der Waals surface area (Å²) in [5, 5.41) is 11.7. The first-order valence-corrected chi connectivity index (χ1v) is 9.86. The van der Waals surface area contributed by atoms with Crippen LogP contribution in [0.5, 0.6) is 0 Å². The third-order valence-corrected chi connectivity index (χ3v) is 5.42. The molecule has 1 atom stereocenters. The van der Waals surface area contributed by atoms with Crippen LogP contribution in [0.4, 0.5) is 8.78 Å². The first-order chi connectivity index (χ1) is 14.8. The molecule has 2 N–H and O–H groups in total. The predicted octanol–water partition coefficient (Wildman–Crippen LogP) is 3.57. The molecule has 0 bridgehead atoms. The number of carbonyl (C=O) groups excluding carboxylic acids is 1. The van der Waals surface area contributed by atoms with E-state index in [2.05, 4.69) is 20.3 Å². The summed E-state index contributed by atoms with van der Waals surface area (Å²) < 4.78 is 28.5. The van der Waals surface area contributed by atoms with Gasteiger partial charge < -0.3 is 10.3 Å². The molecule has 162 valence electrons. The monoisotopic (exact) mass is 427 g/mol. The minimum absolute atomic E-state index is 0. The van der Waals surface area contributed by atoms with Crippen molar-refractivity contribution >= 4 is 16.8 Å². The van der Waals surface area contributed by atoms with Gasteiger partial charge in [-0.3, -0.25) is 14.6 Å². The van der Waals surface area contributed by atoms with Crippen molar-refractivity contribution in [3.8, 4) is 6.07 Å². The first kappa shape index (κ1) is 20.6. The number of halogens is 2. The van der Waals surface area contributed by atoms with Gasteiger partial charge >= 0.3 is 0 Å². The van der Waals surface area contributed by atoms with E-state index in [1.165, 1.54) is 12.3 Å². The molecule has 1 saturated carbocycles. The first-order valence-electron chi connectivity index (χ1n) is 9.86. The Morgan fingerprint density at radius 1 is 1.42 bits per heavy atom. The Morgan fingerprint density at radius 3 is 2.81 bits per heavy atom. The Hall–Kier alpha value is -3.67. The van der Waals surface area contributed by atoms with Crippen LogP contribution in [0, 0.1) is 29.9 Å². The van der Waals surface area contributed by atoms with Crippen molar-refractivity contribution in [1.29, 1.82) is 5.26 Å². The van der Waals surface area contributed by atoms with Gasteiger partial charge in [-0.15, -0.1) is 0 Å².